The van der Waals surface area contributed by atoms with Gasteiger partial charge >= 0.3 is 6.03 Å². The van der Waals surface area contributed by atoms with Crippen LogP contribution in [0.2, 0.25) is 0 Å². The van der Waals surface area contributed by atoms with Crippen LogP contribution in [0.15, 0.2) is 54.6 Å². The molecule has 4 N–H and O–H groups in total. The number of para-hydroxylation sites is 1. The summed E-state index contributed by atoms with van der Waals surface area (Å²) in [5.74, 6) is -0.573. The van der Waals surface area contributed by atoms with E-state index in [2.05, 4.69) is 26.3 Å². The third kappa shape index (κ3) is 4.41. The Balaban J connectivity index is 1.41. The molecule has 1 aliphatic rings. The minimum absolute atomic E-state index is 0.203. The number of H-pyrrole nitrogens is 1. The fourth-order valence-electron chi connectivity index (χ4n) is 3.13. The molecular weight excluding hydrogens is 375 g/mol. The van der Waals surface area contributed by atoms with Crippen molar-refractivity contribution in [3.8, 4) is 0 Å². The number of urea groups is 1. The van der Waals surface area contributed by atoms with Crippen LogP contribution in [0.25, 0.3) is 0 Å². The van der Waals surface area contributed by atoms with Crippen LogP contribution >= 0.6 is 0 Å². The number of hydrazine groups is 1. The molecule has 3 aromatic rings. The first-order chi connectivity index (χ1) is 14.1. The molecule has 0 saturated carbocycles. The quantitative estimate of drug-likeness (QED) is 0.546. The number of carbonyl (C=O) groups is 2. The van der Waals surface area contributed by atoms with Gasteiger partial charge in [0.05, 0.1) is 0 Å². The molecule has 0 spiro atoms. The summed E-state index contributed by atoms with van der Waals surface area (Å²) in [6.45, 7) is 0.960. The van der Waals surface area contributed by atoms with E-state index in [0.717, 1.165) is 17.3 Å². The van der Waals surface area contributed by atoms with Crippen LogP contribution in [0.5, 0.6) is 0 Å². The molecule has 1 aromatic heterocycles. The monoisotopic (exact) mass is 394 g/mol. The fourth-order valence-corrected chi connectivity index (χ4v) is 3.13. The van der Waals surface area contributed by atoms with Crippen molar-refractivity contribution < 1.29 is 14.0 Å². The summed E-state index contributed by atoms with van der Waals surface area (Å²) in [6.07, 6.45) is 0.629. The second kappa shape index (κ2) is 8.11. The predicted molar refractivity (Wildman–Crippen MR) is 106 cm³/mol. The first kappa shape index (κ1) is 18.6. The van der Waals surface area contributed by atoms with Gasteiger partial charge in [-0.25, -0.2) is 14.2 Å². The van der Waals surface area contributed by atoms with Crippen LogP contribution < -0.4 is 16.1 Å². The molecule has 2 heterocycles. The Bertz CT molecular complexity index is 1040. The van der Waals surface area contributed by atoms with Gasteiger partial charge < -0.3 is 10.6 Å². The van der Waals surface area contributed by atoms with Crippen molar-refractivity contribution in [2.75, 3.05) is 17.2 Å². The maximum absolute atomic E-state index is 13.4. The number of aromatic nitrogens is 2. The summed E-state index contributed by atoms with van der Waals surface area (Å²) in [5.41, 5.74) is 5.36. The predicted octanol–water partition coefficient (Wildman–Crippen LogP) is 2.90. The Morgan fingerprint density at radius 1 is 1.07 bits per heavy atom. The zero-order valence-corrected chi connectivity index (χ0v) is 15.4. The number of fused-ring (bicyclic) bond motifs is 1. The lowest BCUT2D eigenvalue weighted by atomic mass is 10.1. The lowest BCUT2D eigenvalue weighted by Gasteiger charge is -2.27. The van der Waals surface area contributed by atoms with Crippen LogP contribution in [0.4, 0.5) is 20.7 Å². The van der Waals surface area contributed by atoms with Crippen LogP contribution in [-0.2, 0) is 13.0 Å². The molecule has 4 rings (SSSR count). The average molecular weight is 394 g/mol. The smallest absolute Gasteiger partial charge is 0.307 e. The van der Waals surface area contributed by atoms with Crippen LogP contribution in [0.3, 0.4) is 0 Å². The zero-order chi connectivity index (χ0) is 20.2. The van der Waals surface area contributed by atoms with Crippen molar-refractivity contribution >= 4 is 23.4 Å². The summed E-state index contributed by atoms with van der Waals surface area (Å²) in [6, 6.07) is 14.2. The molecule has 0 unspecified atom stereocenters. The van der Waals surface area contributed by atoms with Crippen LogP contribution in [-0.4, -0.2) is 33.7 Å². The van der Waals surface area contributed by atoms with Gasteiger partial charge in [-0.3, -0.25) is 15.3 Å². The molecular formula is C20H19FN6O2. The van der Waals surface area contributed by atoms with Gasteiger partial charge in [-0.15, -0.1) is 0 Å². The highest BCUT2D eigenvalue weighted by molar-refractivity contribution is 6.04. The number of hydrogen-bond acceptors (Lipinski definition) is 4. The van der Waals surface area contributed by atoms with Gasteiger partial charge in [0.1, 0.15) is 5.82 Å². The van der Waals surface area contributed by atoms with Gasteiger partial charge in [-0.1, -0.05) is 24.3 Å². The third-order valence-electron chi connectivity index (χ3n) is 4.54. The van der Waals surface area contributed by atoms with Gasteiger partial charge in [-0.05, 0) is 30.3 Å². The van der Waals surface area contributed by atoms with E-state index < -0.39 is 11.7 Å². The molecule has 0 radical (unpaired) electrons. The lowest BCUT2D eigenvalue weighted by molar-refractivity contribution is 0.102. The molecule has 2 aromatic carbocycles. The zero-order valence-electron chi connectivity index (χ0n) is 15.4. The molecule has 0 saturated heterocycles. The molecule has 0 bridgehead atoms. The molecule has 0 fully saturated rings. The maximum Gasteiger partial charge on any atom is 0.333 e. The van der Waals surface area contributed by atoms with E-state index in [1.807, 2.05) is 18.2 Å². The lowest BCUT2D eigenvalue weighted by Crippen LogP contribution is -2.46. The molecule has 0 atom stereocenters. The van der Waals surface area contributed by atoms with E-state index >= 15 is 0 Å². The third-order valence-corrected chi connectivity index (χ3v) is 4.54. The van der Waals surface area contributed by atoms with Crippen molar-refractivity contribution in [2.45, 2.75) is 13.0 Å². The van der Waals surface area contributed by atoms with E-state index in [0.29, 0.717) is 31.0 Å². The minimum Gasteiger partial charge on any atom is -0.307 e. The van der Waals surface area contributed by atoms with Crippen LogP contribution in [0.1, 0.15) is 21.6 Å². The number of halogens is 1. The average Bonchev–Trinajstić information content (AvgIpc) is 3.10. The van der Waals surface area contributed by atoms with E-state index in [9.17, 15) is 14.0 Å². The fraction of sp³-hybridized carbons (Fsp3) is 0.150. The molecule has 1 aliphatic heterocycles. The number of aromatic amines is 1. The van der Waals surface area contributed by atoms with Gasteiger partial charge in [0, 0.05) is 42.0 Å². The topological polar surface area (TPSA) is 102 Å². The highest BCUT2D eigenvalue weighted by atomic mass is 19.1. The molecule has 9 heteroatoms. The Kier molecular flexibility index (Phi) is 5.21. The van der Waals surface area contributed by atoms with Gasteiger partial charge in [0.25, 0.3) is 5.91 Å². The summed E-state index contributed by atoms with van der Waals surface area (Å²) in [7, 11) is 0. The summed E-state index contributed by atoms with van der Waals surface area (Å²) >= 11 is 0. The standard InChI is InChI=1S/C20H19FN6O2/c21-14-6-4-5-13(11-14)19(28)23-18-16-12-27(10-9-17(16)24-25-18)26-20(29)22-15-7-2-1-3-8-15/h1-8,11H,9-10,12H2,(H2,22,26,29)(H2,23,24,25,28). The second-order valence-electron chi connectivity index (χ2n) is 6.60. The van der Waals surface area contributed by atoms with E-state index in [4.69, 9.17) is 0 Å². The van der Waals surface area contributed by atoms with Crippen molar-refractivity contribution in [2.24, 2.45) is 0 Å². The normalized spacial score (nSPS) is 13.4. The van der Waals surface area contributed by atoms with E-state index in [1.165, 1.54) is 18.2 Å². The maximum atomic E-state index is 13.4. The number of amides is 3. The van der Waals surface area contributed by atoms with Crippen molar-refractivity contribution in [1.82, 2.24) is 20.6 Å². The van der Waals surface area contributed by atoms with Gasteiger partial charge in [-0.2, -0.15) is 5.10 Å². The molecule has 29 heavy (non-hydrogen) atoms. The molecule has 3 amide bonds. The first-order valence-electron chi connectivity index (χ1n) is 9.09. The van der Waals surface area contributed by atoms with Crippen LogP contribution in [0, 0.1) is 5.82 Å². The summed E-state index contributed by atoms with van der Waals surface area (Å²) in [4.78, 5) is 24.6. The number of hydrogen-bond donors (Lipinski definition) is 4. The first-order valence-corrected chi connectivity index (χ1v) is 9.09. The van der Waals surface area contributed by atoms with E-state index in [-0.39, 0.29) is 11.6 Å². The Morgan fingerprint density at radius 2 is 1.90 bits per heavy atom. The number of benzene rings is 2. The summed E-state index contributed by atoms with van der Waals surface area (Å²) < 4.78 is 13.4. The SMILES string of the molecule is O=C(Nc1ccccc1)NN1CCc2[nH]nc(NC(=O)c3cccc(F)c3)c2C1. The number of nitrogens with one attached hydrogen (secondary N) is 4. The Hall–Kier alpha value is -3.72. The summed E-state index contributed by atoms with van der Waals surface area (Å²) in [5, 5.41) is 14.3. The van der Waals surface area contributed by atoms with Gasteiger partial charge in [0.15, 0.2) is 5.82 Å². The highest BCUT2D eigenvalue weighted by Crippen LogP contribution is 2.23. The number of anilines is 2. The van der Waals surface area contributed by atoms with Crippen molar-refractivity contribution in [3.05, 3.63) is 77.2 Å². The Morgan fingerprint density at radius 3 is 2.69 bits per heavy atom. The molecule has 0 aliphatic carbocycles. The highest BCUT2D eigenvalue weighted by Gasteiger charge is 2.24. The van der Waals surface area contributed by atoms with Gasteiger partial charge in [0.2, 0.25) is 0 Å². The second-order valence-corrected chi connectivity index (χ2v) is 6.60. The number of rotatable bonds is 4. The largest absolute Gasteiger partial charge is 0.333 e. The van der Waals surface area contributed by atoms with E-state index in [1.54, 1.807) is 17.1 Å². The Labute approximate surface area is 166 Å². The van der Waals surface area contributed by atoms with Crippen molar-refractivity contribution in [1.29, 1.82) is 0 Å². The molecule has 148 valence electrons. The van der Waals surface area contributed by atoms with Crippen molar-refractivity contribution in [3.63, 3.8) is 0 Å². The molecule has 8 nitrogen and oxygen atoms in total. The minimum atomic E-state index is -0.485. The number of nitrogens with zero attached hydrogens (tertiary/aromatic N) is 2. The number of carbonyl (C=O) groups excluding carboxylic acids is 2.